The zero-order valence-electron chi connectivity index (χ0n) is 20.6. The van der Waals surface area contributed by atoms with Crippen molar-refractivity contribution in [3.05, 3.63) is 52.0 Å². The number of methoxy groups -OCH3 is 2. The molecule has 0 unspecified atom stereocenters. The van der Waals surface area contributed by atoms with Crippen molar-refractivity contribution in [3.63, 3.8) is 0 Å². The summed E-state index contributed by atoms with van der Waals surface area (Å²) in [7, 11) is 3.07. The zero-order chi connectivity index (χ0) is 26.6. The summed E-state index contributed by atoms with van der Waals surface area (Å²) in [6.07, 6.45) is 0.166. The molecule has 11 heteroatoms. The summed E-state index contributed by atoms with van der Waals surface area (Å²) < 4.78 is 10.6. The Balaban J connectivity index is 1.51. The lowest BCUT2D eigenvalue weighted by molar-refractivity contribution is -0.142. The molecule has 0 saturated carbocycles. The van der Waals surface area contributed by atoms with E-state index in [9.17, 15) is 19.2 Å². The predicted octanol–water partition coefficient (Wildman–Crippen LogP) is 1.50. The first-order valence-corrected chi connectivity index (χ1v) is 12.2. The van der Waals surface area contributed by atoms with Crippen molar-refractivity contribution in [3.8, 4) is 11.5 Å². The van der Waals surface area contributed by atoms with Crippen molar-refractivity contribution in [2.24, 2.45) is 17.6 Å². The first kappa shape index (κ1) is 25.0. The quantitative estimate of drug-likeness (QED) is 0.464. The number of carbonyl (C=O) groups is 4. The van der Waals surface area contributed by atoms with Crippen LogP contribution >= 0.6 is 11.6 Å². The fourth-order valence-corrected chi connectivity index (χ4v) is 6.26. The number of rotatable bonds is 7. The Hall–Kier alpha value is -3.63. The Morgan fingerprint density at radius 2 is 1.84 bits per heavy atom. The van der Waals surface area contributed by atoms with Crippen LogP contribution in [-0.4, -0.2) is 55.3 Å². The number of nitrogens with one attached hydrogen (secondary N) is 2. The van der Waals surface area contributed by atoms with Gasteiger partial charge < -0.3 is 20.5 Å². The van der Waals surface area contributed by atoms with Crippen LogP contribution in [0, 0.1) is 18.8 Å². The highest BCUT2D eigenvalue weighted by Crippen LogP contribution is 2.54. The Labute approximate surface area is 218 Å². The van der Waals surface area contributed by atoms with Crippen LogP contribution < -0.4 is 25.8 Å². The number of hydrogen-bond donors (Lipinski definition) is 3. The lowest BCUT2D eigenvalue weighted by atomic mass is 9.76. The number of imide groups is 1. The van der Waals surface area contributed by atoms with E-state index >= 15 is 0 Å². The number of fused-ring (bicyclic) bond motifs is 4. The van der Waals surface area contributed by atoms with Gasteiger partial charge in [-0.1, -0.05) is 17.7 Å². The number of nitrogens with zero attached hydrogens (tertiary/aromatic N) is 1. The smallest absolute Gasteiger partial charge is 0.250 e. The van der Waals surface area contributed by atoms with E-state index in [2.05, 4.69) is 10.6 Å². The lowest BCUT2D eigenvalue weighted by Gasteiger charge is -2.29. The van der Waals surface area contributed by atoms with Crippen molar-refractivity contribution in [1.29, 1.82) is 0 Å². The molecule has 5 rings (SSSR count). The van der Waals surface area contributed by atoms with Gasteiger partial charge in [-0.05, 0) is 48.7 Å². The highest BCUT2D eigenvalue weighted by atomic mass is 35.5. The predicted molar refractivity (Wildman–Crippen MR) is 134 cm³/mol. The third-order valence-corrected chi connectivity index (χ3v) is 7.79. The van der Waals surface area contributed by atoms with Gasteiger partial charge in [0, 0.05) is 35.3 Å². The van der Waals surface area contributed by atoms with Gasteiger partial charge >= 0.3 is 0 Å². The number of anilines is 1. The Bertz CT molecular complexity index is 1350. The Morgan fingerprint density at radius 1 is 1.11 bits per heavy atom. The summed E-state index contributed by atoms with van der Waals surface area (Å²) >= 11 is 6.34. The van der Waals surface area contributed by atoms with E-state index < -0.39 is 47.0 Å². The molecule has 2 aromatic rings. The van der Waals surface area contributed by atoms with E-state index in [1.165, 1.54) is 19.1 Å². The normalized spacial score (nSPS) is 25.9. The Kier molecular flexibility index (Phi) is 6.12. The molecule has 37 heavy (non-hydrogen) atoms. The number of ether oxygens (including phenoxy) is 2. The fraction of sp³-hybridized carbons (Fsp3) is 0.385. The summed E-state index contributed by atoms with van der Waals surface area (Å²) in [5.41, 5.74) is 6.55. The zero-order valence-corrected chi connectivity index (χ0v) is 21.3. The maximum atomic E-state index is 13.9. The van der Waals surface area contributed by atoms with Crippen LogP contribution in [0.25, 0.3) is 0 Å². The molecule has 4 atom stereocenters. The first-order valence-electron chi connectivity index (χ1n) is 11.9. The van der Waals surface area contributed by atoms with Gasteiger partial charge in [0.2, 0.25) is 23.6 Å². The van der Waals surface area contributed by atoms with Gasteiger partial charge in [-0.15, -0.1) is 0 Å². The van der Waals surface area contributed by atoms with Crippen LogP contribution in [-0.2, 0) is 31.1 Å². The molecule has 4 amide bonds. The van der Waals surface area contributed by atoms with Crippen molar-refractivity contribution in [2.45, 2.75) is 31.3 Å². The second-order valence-electron chi connectivity index (χ2n) is 9.60. The van der Waals surface area contributed by atoms with Crippen LogP contribution in [0.5, 0.6) is 11.5 Å². The van der Waals surface area contributed by atoms with Crippen LogP contribution in [0.4, 0.5) is 5.69 Å². The number of likely N-dealkylation sites (tertiary alicyclic amines) is 1. The molecule has 2 saturated heterocycles. The van der Waals surface area contributed by atoms with E-state index in [1.54, 1.807) is 31.2 Å². The minimum atomic E-state index is -1.54. The number of benzene rings is 2. The molecule has 3 aliphatic heterocycles. The average molecular weight is 527 g/mol. The highest BCUT2D eigenvalue weighted by molar-refractivity contribution is 6.31. The molecular weight excluding hydrogens is 500 g/mol. The number of primary amides is 1. The standard InChI is InChI=1S/C26H27ClN4O6/c1-12-8-14(27)10-15-22(12)29-25(35)26(15)21-20(16(30-26)11-19(28)32)23(33)31(24(21)34)7-6-13-4-5-17(36-2)18(9-13)37-3/h4-5,8-10,16,20-21,30H,6-7,11H2,1-3H3,(H2,28,32)(H,29,35)/t16-,20+,21-,26-/m0/s1. The minimum absolute atomic E-state index is 0.0998. The third-order valence-electron chi connectivity index (χ3n) is 7.57. The maximum Gasteiger partial charge on any atom is 0.250 e. The number of carbonyl (C=O) groups excluding carboxylic acids is 4. The second-order valence-corrected chi connectivity index (χ2v) is 10.0. The van der Waals surface area contributed by atoms with E-state index in [0.29, 0.717) is 34.2 Å². The fourth-order valence-electron chi connectivity index (χ4n) is 5.98. The van der Waals surface area contributed by atoms with Crippen LogP contribution in [0.15, 0.2) is 30.3 Å². The summed E-state index contributed by atoms with van der Waals surface area (Å²) in [6.45, 7) is 1.90. The van der Waals surface area contributed by atoms with Crippen LogP contribution in [0.2, 0.25) is 5.02 Å². The number of aryl methyl sites for hydroxylation is 1. The van der Waals surface area contributed by atoms with Gasteiger partial charge in [0.05, 0.1) is 26.1 Å². The third kappa shape index (κ3) is 3.74. The van der Waals surface area contributed by atoms with Gasteiger partial charge in [-0.3, -0.25) is 29.4 Å². The Morgan fingerprint density at radius 3 is 2.51 bits per heavy atom. The van der Waals surface area contributed by atoms with E-state index in [4.69, 9.17) is 26.8 Å². The number of halogens is 1. The molecule has 0 aromatic heterocycles. The van der Waals surface area contributed by atoms with Gasteiger partial charge in [0.15, 0.2) is 11.5 Å². The molecule has 194 valence electrons. The molecule has 0 radical (unpaired) electrons. The maximum absolute atomic E-state index is 13.9. The van der Waals surface area contributed by atoms with Gasteiger partial charge in [-0.25, -0.2) is 0 Å². The molecule has 2 aromatic carbocycles. The molecule has 1 spiro atoms. The summed E-state index contributed by atoms with van der Waals surface area (Å²) in [6, 6.07) is 7.92. The highest BCUT2D eigenvalue weighted by Gasteiger charge is 2.70. The van der Waals surface area contributed by atoms with E-state index in [0.717, 1.165) is 11.1 Å². The molecular formula is C26H27ClN4O6. The molecule has 0 bridgehead atoms. The summed E-state index contributed by atoms with van der Waals surface area (Å²) in [4.78, 5) is 54.1. The molecule has 10 nitrogen and oxygen atoms in total. The molecule has 3 aliphatic rings. The summed E-state index contributed by atoms with van der Waals surface area (Å²) in [5, 5.41) is 6.43. The molecule has 2 fully saturated rings. The van der Waals surface area contributed by atoms with Crippen LogP contribution in [0.1, 0.15) is 23.1 Å². The van der Waals surface area contributed by atoms with Gasteiger partial charge in [0.25, 0.3) is 0 Å². The number of amides is 4. The molecule has 4 N–H and O–H groups in total. The van der Waals surface area contributed by atoms with Crippen molar-refractivity contribution in [2.75, 3.05) is 26.1 Å². The molecule has 3 heterocycles. The van der Waals surface area contributed by atoms with Crippen molar-refractivity contribution < 1.29 is 28.7 Å². The monoisotopic (exact) mass is 526 g/mol. The van der Waals surface area contributed by atoms with Gasteiger partial charge in [0.1, 0.15) is 5.54 Å². The number of hydrogen-bond acceptors (Lipinski definition) is 7. The average Bonchev–Trinajstić information content (AvgIpc) is 3.42. The second kappa shape index (κ2) is 9.04. The van der Waals surface area contributed by atoms with Crippen LogP contribution in [0.3, 0.4) is 0 Å². The SMILES string of the molecule is COc1ccc(CCN2C(=O)[C@@H]3[C@H](CC(N)=O)N[C@]4(C(=O)Nc5c(C)cc(Cl)cc54)[C@@H]3C2=O)cc1OC. The minimum Gasteiger partial charge on any atom is -0.493 e. The largest absolute Gasteiger partial charge is 0.493 e. The van der Waals surface area contributed by atoms with Crippen molar-refractivity contribution in [1.82, 2.24) is 10.2 Å². The summed E-state index contributed by atoms with van der Waals surface area (Å²) in [5.74, 6) is -2.89. The van der Waals surface area contributed by atoms with Crippen molar-refractivity contribution >= 4 is 40.9 Å². The lowest BCUT2D eigenvalue weighted by Crippen LogP contribution is -2.53. The van der Waals surface area contributed by atoms with E-state index in [-0.39, 0.29) is 13.0 Å². The van der Waals surface area contributed by atoms with E-state index in [1.807, 2.05) is 6.07 Å². The first-order chi connectivity index (χ1) is 17.6. The molecule has 0 aliphatic carbocycles. The topological polar surface area (TPSA) is 140 Å². The van der Waals surface area contributed by atoms with Gasteiger partial charge in [-0.2, -0.15) is 0 Å². The number of nitrogens with two attached hydrogens (primary N) is 1.